The average molecular weight is 497 g/mol. The number of imidazole rings is 1. The van der Waals surface area contributed by atoms with Crippen molar-refractivity contribution in [3.63, 3.8) is 0 Å². The van der Waals surface area contributed by atoms with Crippen LogP contribution < -0.4 is 10.2 Å². The summed E-state index contributed by atoms with van der Waals surface area (Å²) in [6, 6.07) is 9.43. The molecule has 2 fully saturated rings. The second-order valence-corrected chi connectivity index (χ2v) is 9.50. The van der Waals surface area contributed by atoms with Gasteiger partial charge in [0.05, 0.1) is 23.1 Å². The molecular weight excluding hydrogens is 475 g/mol. The first-order chi connectivity index (χ1) is 17.2. The van der Waals surface area contributed by atoms with E-state index in [4.69, 9.17) is 4.98 Å². The predicted molar refractivity (Wildman–Crippen MR) is 123 cm³/mol. The van der Waals surface area contributed by atoms with Gasteiger partial charge in [-0.2, -0.15) is 13.2 Å². The quantitative estimate of drug-likeness (QED) is 0.558. The lowest BCUT2D eigenvalue weighted by molar-refractivity contribution is -0.137. The molecule has 3 amide bonds. The second-order valence-electron chi connectivity index (χ2n) is 9.50. The lowest BCUT2D eigenvalue weighted by Crippen LogP contribution is -2.55. The summed E-state index contributed by atoms with van der Waals surface area (Å²) in [5.74, 6) is 0.484. The SMILES string of the molecule is O=C1CCn2c(N3CCC4(CC3)NC(=O)N(Cc3ccc(C(F)(F)F)cc3)C4=O)nc3cccc1c32. The number of urea groups is 1. The van der Waals surface area contributed by atoms with Crippen LogP contribution in [0.25, 0.3) is 11.0 Å². The fourth-order valence-corrected chi connectivity index (χ4v) is 5.43. The van der Waals surface area contributed by atoms with Crippen LogP contribution >= 0.6 is 0 Å². The Labute approximate surface area is 203 Å². The first-order valence-corrected chi connectivity index (χ1v) is 11.7. The minimum absolute atomic E-state index is 0.0964. The zero-order chi connectivity index (χ0) is 25.2. The van der Waals surface area contributed by atoms with E-state index in [-0.39, 0.29) is 18.2 Å². The summed E-state index contributed by atoms with van der Waals surface area (Å²) in [5, 5.41) is 2.84. The number of aromatic nitrogens is 2. The number of carbonyl (C=O) groups is 3. The van der Waals surface area contributed by atoms with E-state index in [0.29, 0.717) is 50.0 Å². The molecule has 8 nitrogen and oxygen atoms in total. The number of hydrogen-bond donors (Lipinski definition) is 1. The Balaban J connectivity index is 1.19. The van der Waals surface area contributed by atoms with Crippen LogP contribution in [0.5, 0.6) is 0 Å². The number of ketones is 1. The number of benzene rings is 2. The number of imide groups is 1. The number of carbonyl (C=O) groups excluding carboxylic acids is 3. The molecule has 1 aromatic heterocycles. The Morgan fingerprint density at radius 2 is 1.69 bits per heavy atom. The second kappa shape index (κ2) is 7.81. The smallest absolute Gasteiger partial charge is 0.342 e. The van der Waals surface area contributed by atoms with E-state index in [1.807, 2.05) is 18.2 Å². The van der Waals surface area contributed by atoms with Gasteiger partial charge < -0.3 is 14.8 Å². The summed E-state index contributed by atoms with van der Waals surface area (Å²) in [6.45, 7) is 1.40. The van der Waals surface area contributed by atoms with Crippen LogP contribution in [0.3, 0.4) is 0 Å². The van der Waals surface area contributed by atoms with Crippen molar-refractivity contribution in [2.24, 2.45) is 0 Å². The number of aryl methyl sites for hydroxylation is 1. The highest BCUT2D eigenvalue weighted by molar-refractivity contribution is 6.08. The molecule has 1 spiro atoms. The van der Waals surface area contributed by atoms with Crippen LogP contribution in [0.1, 0.15) is 40.7 Å². The first kappa shape index (κ1) is 22.6. The highest BCUT2D eigenvalue weighted by Gasteiger charge is 2.52. The van der Waals surface area contributed by atoms with Crippen molar-refractivity contribution in [1.29, 1.82) is 0 Å². The summed E-state index contributed by atoms with van der Waals surface area (Å²) in [6.07, 6.45) is -3.31. The lowest BCUT2D eigenvalue weighted by atomic mass is 9.87. The van der Waals surface area contributed by atoms with Crippen LogP contribution in [0.15, 0.2) is 42.5 Å². The number of alkyl halides is 3. The van der Waals surface area contributed by atoms with Crippen molar-refractivity contribution in [3.05, 3.63) is 59.2 Å². The Bertz CT molecular complexity index is 1400. The van der Waals surface area contributed by atoms with Gasteiger partial charge in [-0.15, -0.1) is 0 Å². The number of rotatable bonds is 3. The molecule has 11 heteroatoms. The van der Waals surface area contributed by atoms with Crippen LogP contribution in [0.4, 0.5) is 23.9 Å². The number of nitrogens with one attached hydrogen (secondary N) is 1. The van der Waals surface area contributed by atoms with Gasteiger partial charge in [0.15, 0.2) is 5.78 Å². The topological polar surface area (TPSA) is 87.5 Å². The van der Waals surface area contributed by atoms with Crippen molar-refractivity contribution >= 4 is 34.7 Å². The van der Waals surface area contributed by atoms with E-state index in [1.54, 1.807) is 0 Å². The van der Waals surface area contributed by atoms with Crippen molar-refractivity contribution in [3.8, 4) is 0 Å². The number of Topliss-reactive ketones (excluding diaryl/α,β-unsaturated/α-hetero) is 1. The lowest BCUT2D eigenvalue weighted by Gasteiger charge is -2.38. The molecule has 3 aliphatic rings. The maximum Gasteiger partial charge on any atom is 0.416 e. The predicted octanol–water partition coefficient (Wildman–Crippen LogP) is 3.73. The average Bonchev–Trinajstić information content (AvgIpc) is 3.33. The largest absolute Gasteiger partial charge is 0.416 e. The van der Waals surface area contributed by atoms with Crippen molar-refractivity contribution in [1.82, 2.24) is 19.8 Å². The van der Waals surface area contributed by atoms with Gasteiger partial charge in [0.1, 0.15) is 5.54 Å². The number of nitrogens with zero attached hydrogens (tertiary/aromatic N) is 4. The van der Waals surface area contributed by atoms with E-state index in [2.05, 4.69) is 14.8 Å². The van der Waals surface area contributed by atoms with Gasteiger partial charge in [-0.1, -0.05) is 18.2 Å². The molecule has 1 N–H and O–H groups in total. The van der Waals surface area contributed by atoms with E-state index in [9.17, 15) is 27.6 Å². The molecule has 2 aromatic carbocycles. The third kappa shape index (κ3) is 3.44. The molecule has 186 valence electrons. The van der Waals surface area contributed by atoms with Crippen molar-refractivity contribution in [2.45, 2.75) is 44.1 Å². The van der Waals surface area contributed by atoms with E-state index in [1.165, 1.54) is 12.1 Å². The molecule has 0 bridgehead atoms. The number of halogens is 3. The van der Waals surface area contributed by atoms with Crippen LogP contribution in [-0.4, -0.2) is 50.8 Å². The summed E-state index contributed by atoms with van der Waals surface area (Å²) in [4.78, 5) is 46.2. The number of amides is 3. The molecule has 0 radical (unpaired) electrons. The Hall–Kier alpha value is -3.89. The van der Waals surface area contributed by atoms with Crippen LogP contribution in [0, 0.1) is 0 Å². The first-order valence-electron chi connectivity index (χ1n) is 11.7. The van der Waals surface area contributed by atoms with E-state index < -0.39 is 23.3 Å². The molecule has 2 saturated heterocycles. The summed E-state index contributed by atoms with van der Waals surface area (Å²) in [5.41, 5.74) is 0.863. The molecule has 3 aromatic rings. The Morgan fingerprint density at radius 1 is 0.972 bits per heavy atom. The van der Waals surface area contributed by atoms with E-state index in [0.717, 1.165) is 34.0 Å². The minimum Gasteiger partial charge on any atom is -0.342 e. The third-order valence-electron chi connectivity index (χ3n) is 7.38. The highest BCUT2D eigenvalue weighted by atomic mass is 19.4. The summed E-state index contributed by atoms with van der Waals surface area (Å²) in [7, 11) is 0. The number of hydrogen-bond acceptors (Lipinski definition) is 5. The van der Waals surface area contributed by atoms with Gasteiger partial charge in [-0.05, 0) is 42.7 Å². The number of piperidine rings is 1. The fraction of sp³-hybridized carbons (Fsp3) is 0.360. The van der Waals surface area contributed by atoms with Gasteiger partial charge in [0.2, 0.25) is 5.95 Å². The van der Waals surface area contributed by atoms with E-state index >= 15 is 0 Å². The normalized spacial score (nSPS) is 19.5. The number of para-hydroxylation sites is 1. The summed E-state index contributed by atoms with van der Waals surface area (Å²) >= 11 is 0. The molecule has 0 saturated carbocycles. The number of anilines is 1. The molecule has 36 heavy (non-hydrogen) atoms. The molecule has 6 rings (SSSR count). The molecule has 3 aliphatic heterocycles. The zero-order valence-electron chi connectivity index (χ0n) is 19.1. The Kier molecular flexibility index (Phi) is 4.89. The van der Waals surface area contributed by atoms with Crippen molar-refractivity contribution in [2.75, 3.05) is 18.0 Å². The maximum absolute atomic E-state index is 13.3. The zero-order valence-corrected chi connectivity index (χ0v) is 19.1. The standard InChI is InChI=1S/C25H22F3N5O3/c26-25(27,28)16-6-4-15(5-7-16)14-33-21(35)24(30-23(33)36)9-12-31(13-10-24)22-29-18-3-1-2-17-19(34)8-11-32(22)20(17)18/h1-7H,8-14H2,(H,30,36). The maximum atomic E-state index is 13.3. The minimum atomic E-state index is -4.45. The highest BCUT2D eigenvalue weighted by Crippen LogP contribution is 2.36. The van der Waals surface area contributed by atoms with Gasteiger partial charge >= 0.3 is 12.2 Å². The molecule has 0 unspecified atom stereocenters. The monoisotopic (exact) mass is 497 g/mol. The van der Waals surface area contributed by atoms with Crippen LogP contribution in [-0.2, 0) is 24.1 Å². The fourth-order valence-electron chi connectivity index (χ4n) is 5.43. The van der Waals surface area contributed by atoms with Gasteiger partial charge in [-0.3, -0.25) is 14.5 Å². The van der Waals surface area contributed by atoms with Crippen molar-refractivity contribution < 1.29 is 27.6 Å². The molecule has 0 aliphatic carbocycles. The molecule has 4 heterocycles. The summed E-state index contributed by atoms with van der Waals surface area (Å²) < 4.78 is 40.6. The Morgan fingerprint density at radius 3 is 2.39 bits per heavy atom. The molecule has 0 atom stereocenters. The van der Waals surface area contributed by atoms with Gasteiger partial charge in [0, 0.05) is 31.6 Å². The van der Waals surface area contributed by atoms with Crippen LogP contribution in [0.2, 0.25) is 0 Å². The van der Waals surface area contributed by atoms with Gasteiger partial charge in [-0.25, -0.2) is 9.78 Å². The third-order valence-corrected chi connectivity index (χ3v) is 7.38. The molecular formula is C25H22F3N5O3. The van der Waals surface area contributed by atoms with Gasteiger partial charge in [0.25, 0.3) is 5.91 Å².